The number of aliphatic hydroxyl groups excluding tert-OH is 1. The van der Waals surface area contributed by atoms with Crippen LogP contribution in [0.3, 0.4) is 0 Å². The molecule has 152 valence electrons. The summed E-state index contributed by atoms with van der Waals surface area (Å²) < 4.78 is 0. The minimum atomic E-state index is -1.59. The summed E-state index contributed by atoms with van der Waals surface area (Å²) in [5.74, 6) is -4.53. The number of aliphatic carboxylic acids is 1. The molecular formula is C15H25N5O7. The highest BCUT2D eigenvalue weighted by atomic mass is 16.4. The Morgan fingerprint density at radius 1 is 1.11 bits per heavy atom. The Balaban J connectivity index is 2.59. The van der Waals surface area contributed by atoms with Crippen LogP contribution in [0.25, 0.3) is 0 Å². The van der Waals surface area contributed by atoms with Gasteiger partial charge >= 0.3 is 5.97 Å². The molecule has 1 aliphatic heterocycles. The molecule has 0 radical (unpaired) electrons. The van der Waals surface area contributed by atoms with Crippen molar-refractivity contribution in [1.82, 2.24) is 21.3 Å². The number of primary amides is 1. The van der Waals surface area contributed by atoms with Crippen LogP contribution in [0.1, 0.15) is 26.2 Å². The zero-order valence-electron chi connectivity index (χ0n) is 14.9. The molecule has 0 bridgehead atoms. The fourth-order valence-corrected chi connectivity index (χ4v) is 2.45. The zero-order valence-corrected chi connectivity index (χ0v) is 14.9. The maximum Gasteiger partial charge on any atom is 0.326 e. The molecule has 8 N–H and O–H groups in total. The minimum Gasteiger partial charge on any atom is -0.480 e. The van der Waals surface area contributed by atoms with E-state index in [-0.39, 0.29) is 11.9 Å². The molecule has 0 aromatic rings. The van der Waals surface area contributed by atoms with E-state index in [9.17, 15) is 29.1 Å². The van der Waals surface area contributed by atoms with Gasteiger partial charge in [0.2, 0.25) is 23.6 Å². The second-order valence-electron chi connectivity index (χ2n) is 6.19. The lowest BCUT2D eigenvalue weighted by atomic mass is 10.1. The number of carbonyl (C=O) groups excluding carboxylic acids is 4. The van der Waals surface area contributed by atoms with Gasteiger partial charge in [0.15, 0.2) is 0 Å². The van der Waals surface area contributed by atoms with Gasteiger partial charge < -0.3 is 37.2 Å². The highest BCUT2D eigenvalue weighted by Gasteiger charge is 2.30. The second-order valence-corrected chi connectivity index (χ2v) is 6.19. The third-order valence-electron chi connectivity index (χ3n) is 3.96. The minimum absolute atomic E-state index is 0.354. The summed E-state index contributed by atoms with van der Waals surface area (Å²) in [6, 6.07) is -4.42. The smallest absolute Gasteiger partial charge is 0.326 e. The van der Waals surface area contributed by atoms with Crippen molar-refractivity contribution in [3.8, 4) is 0 Å². The van der Waals surface area contributed by atoms with E-state index in [1.165, 1.54) is 6.92 Å². The number of carboxylic acid groups (broad SMARTS) is 1. The molecule has 0 saturated carbocycles. The molecule has 27 heavy (non-hydrogen) atoms. The van der Waals surface area contributed by atoms with Crippen molar-refractivity contribution in [3.63, 3.8) is 0 Å². The fraction of sp³-hybridized carbons (Fsp3) is 0.667. The topological polar surface area (TPSA) is 200 Å². The van der Waals surface area contributed by atoms with Gasteiger partial charge in [-0.3, -0.25) is 19.2 Å². The molecule has 0 aliphatic carbocycles. The van der Waals surface area contributed by atoms with E-state index in [2.05, 4.69) is 16.0 Å². The molecule has 0 spiro atoms. The van der Waals surface area contributed by atoms with Gasteiger partial charge in [0.05, 0.1) is 19.1 Å². The number of carboxylic acids is 1. The number of aliphatic hydroxyl groups is 1. The van der Waals surface area contributed by atoms with E-state index in [4.69, 9.17) is 10.8 Å². The number of rotatable bonds is 10. The Morgan fingerprint density at radius 3 is 2.22 bits per heavy atom. The van der Waals surface area contributed by atoms with Gasteiger partial charge in [-0.25, -0.2) is 4.79 Å². The predicted octanol–water partition coefficient (Wildman–Crippen LogP) is -3.83. The Bertz CT molecular complexity index is 591. The lowest BCUT2D eigenvalue weighted by Gasteiger charge is -2.22. The summed E-state index contributed by atoms with van der Waals surface area (Å²) in [5, 5.41) is 28.0. The van der Waals surface area contributed by atoms with Crippen molar-refractivity contribution < 1.29 is 34.2 Å². The number of nitrogens with one attached hydrogen (secondary N) is 4. The highest BCUT2D eigenvalue weighted by Crippen LogP contribution is 2.05. The Labute approximate surface area is 155 Å². The van der Waals surface area contributed by atoms with Gasteiger partial charge in [-0.1, -0.05) is 0 Å². The van der Waals surface area contributed by atoms with Crippen LogP contribution in [-0.4, -0.2) is 77.1 Å². The first-order valence-electron chi connectivity index (χ1n) is 8.42. The molecule has 4 amide bonds. The fourth-order valence-electron chi connectivity index (χ4n) is 2.45. The third-order valence-corrected chi connectivity index (χ3v) is 3.96. The summed E-state index contributed by atoms with van der Waals surface area (Å²) in [6.07, 6.45) is 0.855. The summed E-state index contributed by atoms with van der Waals surface area (Å²) in [7, 11) is 0. The molecule has 1 rings (SSSR count). The molecule has 1 fully saturated rings. The van der Waals surface area contributed by atoms with Crippen LogP contribution < -0.4 is 27.0 Å². The molecule has 0 aromatic carbocycles. The van der Waals surface area contributed by atoms with Crippen LogP contribution in [0.2, 0.25) is 0 Å². The molecule has 12 heteroatoms. The van der Waals surface area contributed by atoms with Crippen molar-refractivity contribution in [2.45, 2.75) is 50.4 Å². The summed E-state index contributed by atoms with van der Waals surface area (Å²) in [5.41, 5.74) is 4.92. The number of nitrogens with two attached hydrogens (primary N) is 1. The Morgan fingerprint density at radius 2 is 1.74 bits per heavy atom. The van der Waals surface area contributed by atoms with Crippen LogP contribution in [0.4, 0.5) is 0 Å². The Hall–Kier alpha value is -2.73. The van der Waals surface area contributed by atoms with Crippen LogP contribution in [-0.2, 0) is 24.0 Å². The Kier molecular flexibility index (Phi) is 8.62. The molecule has 4 atom stereocenters. The van der Waals surface area contributed by atoms with Gasteiger partial charge in [0, 0.05) is 0 Å². The molecular weight excluding hydrogens is 362 g/mol. The van der Waals surface area contributed by atoms with Gasteiger partial charge in [0.25, 0.3) is 0 Å². The van der Waals surface area contributed by atoms with Crippen molar-refractivity contribution >= 4 is 29.6 Å². The standard InChI is InChI=1S/C15H25N5O7/c1-7(18-13(24)8-3-2-4-17-8)12(23)20-10(6-21)14(25)19-9(15(26)27)5-11(16)22/h7-10,17,21H,2-6H2,1H3,(H2,16,22)(H,18,24)(H,19,25)(H,20,23)(H,26,27). The lowest BCUT2D eigenvalue weighted by molar-refractivity contribution is -0.144. The van der Waals surface area contributed by atoms with Crippen molar-refractivity contribution in [3.05, 3.63) is 0 Å². The van der Waals surface area contributed by atoms with E-state index in [1.54, 1.807) is 0 Å². The number of hydrogen-bond donors (Lipinski definition) is 7. The average Bonchev–Trinajstić information content (AvgIpc) is 3.12. The van der Waals surface area contributed by atoms with Gasteiger partial charge in [-0.05, 0) is 26.3 Å². The molecule has 12 nitrogen and oxygen atoms in total. The quantitative estimate of drug-likeness (QED) is 0.197. The lowest BCUT2D eigenvalue weighted by Crippen LogP contribution is -2.57. The molecule has 1 saturated heterocycles. The SMILES string of the molecule is CC(NC(=O)C1CCCN1)C(=O)NC(CO)C(=O)NC(CC(N)=O)C(=O)O. The largest absolute Gasteiger partial charge is 0.480 e. The van der Waals surface area contributed by atoms with Gasteiger partial charge in [0.1, 0.15) is 18.1 Å². The van der Waals surface area contributed by atoms with Crippen LogP contribution >= 0.6 is 0 Å². The zero-order chi connectivity index (χ0) is 20.6. The van der Waals surface area contributed by atoms with Crippen LogP contribution in [0.15, 0.2) is 0 Å². The number of carbonyl (C=O) groups is 5. The van der Waals surface area contributed by atoms with Gasteiger partial charge in [-0.2, -0.15) is 0 Å². The van der Waals surface area contributed by atoms with Crippen LogP contribution in [0, 0.1) is 0 Å². The molecule has 1 aliphatic rings. The predicted molar refractivity (Wildman–Crippen MR) is 91.0 cm³/mol. The summed E-state index contributed by atoms with van der Waals surface area (Å²) in [4.78, 5) is 58.1. The maximum absolute atomic E-state index is 12.1. The number of hydrogen-bond acceptors (Lipinski definition) is 7. The van der Waals surface area contributed by atoms with E-state index in [0.29, 0.717) is 13.0 Å². The number of amides is 4. The van der Waals surface area contributed by atoms with Crippen molar-refractivity contribution in [2.75, 3.05) is 13.2 Å². The summed E-state index contributed by atoms with van der Waals surface area (Å²) >= 11 is 0. The van der Waals surface area contributed by atoms with Crippen molar-refractivity contribution in [1.29, 1.82) is 0 Å². The molecule has 4 unspecified atom stereocenters. The highest BCUT2D eigenvalue weighted by molar-refractivity contribution is 5.94. The van der Waals surface area contributed by atoms with Crippen molar-refractivity contribution in [2.24, 2.45) is 5.73 Å². The van der Waals surface area contributed by atoms with Gasteiger partial charge in [-0.15, -0.1) is 0 Å². The van der Waals surface area contributed by atoms with E-state index < -0.39 is 54.8 Å². The van der Waals surface area contributed by atoms with E-state index in [0.717, 1.165) is 6.42 Å². The maximum atomic E-state index is 12.1. The first-order chi connectivity index (χ1) is 12.6. The normalized spacial score (nSPS) is 19.4. The summed E-state index contributed by atoms with van der Waals surface area (Å²) in [6.45, 7) is 1.30. The van der Waals surface area contributed by atoms with E-state index in [1.807, 2.05) is 5.32 Å². The van der Waals surface area contributed by atoms with E-state index >= 15 is 0 Å². The first kappa shape index (κ1) is 22.3. The van der Waals surface area contributed by atoms with Crippen LogP contribution in [0.5, 0.6) is 0 Å². The third kappa shape index (κ3) is 7.19. The molecule has 1 heterocycles. The monoisotopic (exact) mass is 387 g/mol. The molecule has 0 aromatic heterocycles. The first-order valence-corrected chi connectivity index (χ1v) is 8.42. The average molecular weight is 387 g/mol. The second kappa shape index (κ2) is 10.4.